The van der Waals surface area contributed by atoms with Gasteiger partial charge in [-0.25, -0.2) is 4.68 Å². The summed E-state index contributed by atoms with van der Waals surface area (Å²) >= 11 is 0. The summed E-state index contributed by atoms with van der Waals surface area (Å²) in [6.45, 7) is 4.97. The number of allylic oxidation sites excluding steroid dienone is 1. The van der Waals surface area contributed by atoms with E-state index in [4.69, 9.17) is 10.8 Å². The second-order valence-electron chi connectivity index (χ2n) is 9.17. The Balaban J connectivity index is 0.00000156. The predicted molar refractivity (Wildman–Crippen MR) is 148 cm³/mol. The SMILES string of the molecule is CCC(=O)N1CCC(C2Pc3c(-c4ccc(-c5ccccc5)nc4)cnn3C(N)=C2C(C)=O)CC1.CO. The Morgan fingerprint density at radius 2 is 1.76 bits per heavy atom. The number of pyridine rings is 1. The van der Waals surface area contributed by atoms with Crippen LogP contribution < -0.4 is 11.2 Å². The molecule has 1 fully saturated rings. The Kier molecular flexibility index (Phi) is 8.52. The zero-order chi connectivity index (χ0) is 26.5. The number of aromatic nitrogens is 3. The molecule has 194 valence electrons. The summed E-state index contributed by atoms with van der Waals surface area (Å²) in [4.78, 5) is 31.5. The fourth-order valence-electron chi connectivity index (χ4n) is 5.17. The number of fused-ring (bicyclic) bond motifs is 1. The van der Waals surface area contributed by atoms with Crippen molar-refractivity contribution < 1.29 is 14.7 Å². The minimum absolute atomic E-state index is 0.00337. The first-order chi connectivity index (χ1) is 18.0. The second-order valence-corrected chi connectivity index (χ2v) is 10.5. The standard InChI is InChI=1S/C27H30N5O2P.CH4O/c1-3-23(34)31-13-11-19(12-14-31)25-24(17(2)33)26(28)32-27(35-25)21(16-30-32)20-9-10-22(29-15-20)18-7-5-4-6-8-18;1-2/h4-10,15-16,19,25,35H,3,11-14,28H2,1-2H3;2H,1H3. The minimum Gasteiger partial charge on any atom is -0.400 e. The van der Waals surface area contributed by atoms with E-state index in [1.807, 2.05) is 60.6 Å². The third kappa shape index (κ3) is 5.36. The van der Waals surface area contributed by atoms with Gasteiger partial charge in [0.1, 0.15) is 5.82 Å². The number of carbonyl (C=O) groups excluding carboxylic acids is 2. The molecule has 8 nitrogen and oxygen atoms in total. The lowest BCUT2D eigenvalue weighted by molar-refractivity contribution is -0.132. The van der Waals surface area contributed by atoms with Crippen LogP contribution in [-0.4, -0.2) is 62.3 Å². The van der Waals surface area contributed by atoms with E-state index in [1.165, 1.54) is 0 Å². The third-order valence-corrected chi connectivity index (χ3v) is 8.89. The molecule has 3 aromatic rings. The number of Topliss-reactive ketones (excluding diaryl/α,β-unsaturated/α-hetero) is 1. The Labute approximate surface area is 219 Å². The number of nitrogens with zero attached hydrogens (tertiary/aromatic N) is 4. The zero-order valence-electron chi connectivity index (χ0n) is 21.5. The lowest BCUT2D eigenvalue weighted by Gasteiger charge is -2.38. The summed E-state index contributed by atoms with van der Waals surface area (Å²) in [6, 6.07) is 14.2. The quantitative estimate of drug-likeness (QED) is 0.500. The van der Waals surface area contributed by atoms with Gasteiger partial charge in [0.05, 0.1) is 17.3 Å². The molecule has 1 aromatic carbocycles. The maximum Gasteiger partial charge on any atom is 0.222 e. The zero-order valence-corrected chi connectivity index (χ0v) is 22.5. The second kappa shape index (κ2) is 11.8. The number of aliphatic hydroxyl groups excluding tert-OH is 1. The van der Waals surface area contributed by atoms with Crippen molar-refractivity contribution in [1.29, 1.82) is 0 Å². The number of benzene rings is 1. The Morgan fingerprint density at radius 3 is 2.35 bits per heavy atom. The van der Waals surface area contributed by atoms with Crippen molar-refractivity contribution in [3.63, 3.8) is 0 Å². The molecular weight excluding hydrogens is 485 g/mol. The van der Waals surface area contributed by atoms with Crippen molar-refractivity contribution in [3.05, 3.63) is 60.4 Å². The third-order valence-electron chi connectivity index (χ3n) is 7.07. The summed E-state index contributed by atoms with van der Waals surface area (Å²) in [5.41, 5.74) is 12.3. The number of nitrogens with two attached hydrogens (primary N) is 1. The summed E-state index contributed by atoms with van der Waals surface area (Å²) in [6.07, 6.45) is 6.00. The average Bonchev–Trinajstić information content (AvgIpc) is 3.38. The molecule has 2 atom stereocenters. The van der Waals surface area contributed by atoms with Crippen molar-refractivity contribution in [2.24, 2.45) is 11.7 Å². The molecule has 1 saturated heterocycles. The van der Waals surface area contributed by atoms with Crippen LogP contribution in [0.3, 0.4) is 0 Å². The number of hydrogen-bond donors (Lipinski definition) is 2. The van der Waals surface area contributed by atoms with Crippen LogP contribution in [0.15, 0.2) is 60.4 Å². The fraction of sp³-hybridized carbons (Fsp3) is 0.357. The van der Waals surface area contributed by atoms with Gasteiger partial charge < -0.3 is 15.7 Å². The number of rotatable bonds is 5. The van der Waals surface area contributed by atoms with Gasteiger partial charge in [0.25, 0.3) is 0 Å². The van der Waals surface area contributed by atoms with Gasteiger partial charge >= 0.3 is 0 Å². The first-order valence-corrected chi connectivity index (χ1v) is 13.7. The van der Waals surface area contributed by atoms with Crippen molar-refractivity contribution in [2.45, 2.75) is 38.8 Å². The van der Waals surface area contributed by atoms with Gasteiger partial charge in [-0.05, 0) is 31.7 Å². The summed E-state index contributed by atoms with van der Waals surface area (Å²) in [5, 5.41) is 11.6. The summed E-state index contributed by atoms with van der Waals surface area (Å²) < 4.78 is 1.74. The minimum atomic E-state index is 0.00337. The van der Waals surface area contributed by atoms with Gasteiger partial charge in [0.15, 0.2) is 5.78 Å². The number of amides is 1. The molecule has 2 aliphatic heterocycles. The van der Waals surface area contributed by atoms with Crippen LogP contribution in [0.5, 0.6) is 0 Å². The van der Waals surface area contributed by atoms with Crippen LogP contribution in [-0.2, 0) is 9.59 Å². The smallest absolute Gasteiger partial charge is 0.222 e. The van der Waals surface area contributed by atoms with E-state index in [0.717, 1.165) is 60.9 Å². The Bertz CT molecular complexity index is 1280. The van der Waals surface area contributed by atoms with Gasteiger partial charge in [-0.3, -0.25) is 14.6 Å². The predicted octanol–water partition coefficient (Wildman–Crippen LogP) is 3.27. The van der Waals surface area contributed by atoms with Crippen LogP contribution in [0.1, 0.15) is 33.1 Å². The number of likely N-dealkylation sites (tertiary alicyclic amines) is 1. The van der Waals surface area contributed by atoms with Crippen molar-refractivity contribution >= 4 is 31.5 Å². The summed E-state index contributed by atoms with van der Waals surface area (Å²) in [7, 11) is 1.37. The number of ketones is 1. The van der Waals surface area contributed by atoms with Crippen LogP contribution in [0.25, 0.3) is 28.2 Å². The van der Waals surface area contributed by atoms with E-state index in [9.17, 15) is 9.59 Å². The van der Waals surface area contributed by atoms with Gasteiger partial charge in [-0.2, -0.15) is 5.10 Å². The van der Waals surface area contributed by atoms with E-state index in [1.54, 1.807) is 11.6 Å². The monoisotopic (exact) mass is 519 g/mol. The molecule has 4 heterocycles. The highest BCUT2D eigenvalue weighted by Gasteiger charge is 2.38. The molecule has 5 rings (SSSR count). The Hall–Kier alpha value is -3.35. The topological polar surface area (TPSA) is 114 Å². The molecule has 0 radical (unpaired) electrons. The number of hydrogen-bond acceptors (Lipinski definition) is 6. The average molecular weight is 520 g/mol. The van der Waals surface area contributed by atoms with Crippen LogP contribution >= 0.6 is 8.58 Å². The normalized spacial score (nSPS) is 18.3. The fourth-order valence-corrected chi connectivity index (χ4v) is 7.19. The maximum atomic E-state index is 12.7. The van der Waals surface area contributed by atoms with E-state index in [2.05, 4.69) is 16.1 Å². The molecule has 2 unspecified atom stereocenters. The van der Waals surface area contributed by atoms with Crippen LogP contribution in [0, 0.1) is 5.92 Å². The number of aliphatic hydroxyl groups is 1. The maximum absolute atomic E-state index is 12.7. The van der Waals surface area contributed by atoms with Gasteiger partial charge in [0, 0.05) is 60.7 Å². The first kappa shape index (κ1) is 26.7. The van der Waals surface area contributed by atoms with Crippen molar-refractivity contribution in [2.75, 3.05) is 20.2 Å². The lowest BCUT2D eigenvalue weighted by Crippen LogP contribution is -2.43. The molecule has 2 aliphatic rings. The summed E-state index contributed by atoms with van der Waals surface area (Å²) in [5.74, 6) is 0.942. The number of piperidine rings is 1. The largest absolute Gasteiger partial charge is 0.400 e. The lowest BCUT2D eigenvalue weighted by atomic mass is 9.87. The molecule has 9 heteroatoms. The highest BCUT2D eigenvalue weighted by Crippen LogP contribution is 2.43. The highest BCUT2D eigenvalue weighted by molar-refractivity contribution is 7.48. The van der Waals surface area contributed by atoms with Gasteiger partial charge in [-0.1, -0.05) is 51.9 Å². The van der Waals surface area contributed by atoms with Crippen LogP contribution in [0.4, 0.5) is 0 Å². The van der Waals surface area contributed by atoms with E-state index in [0.29, 0.717) is 32.3 Å². The molecule has 0 spiro atoms. The van der Waals surface area contributed by atoms with Gasteiger partial charge in [0.2, 0.25) is 5.91 Å². The molecular formula is C28H34N5O3P. The van der Waals surface area contributed by atoms with E-state index >= 15 is 0 Å². The van der Waals surface area contributed by atoms with Crippen molar-refractivity contribution in [3.8, 4) is 22.4 Å². The van der Waals surface area contributed by atoms with E-state index in [-0.39, 0.29) is 17.3 Å². The highest BCUT2D eigenvalue weighted by atomic mass is 31.1. The number of carbonyl (C=O) groups is 2. The van der Waals surface area contributed by atoms with E-state index < -0.39 is 0 Å². The molecule has 1 amide bonds. The molecule has 0 bridgehead atoms. The Morgan fingerprint density at radius 1 is 1.05 bits per heavy atom. The molecule has 2 aromatic heterocycles. The van der Waals surface area contributed by atoms with Crippen LogP contribution in [0.2, 0.25) is 0 Å². The first-order valence-electron chi connectivity index (χ1n) is 12.6. The van der Waals surface area contributed by atoms with Crippen molar-refractivity contribution in [1.82, 2.24) is 19.7 Å². The molecule has 3 N–H and O–H groups in total. The molecule has 0 aliphatic carbocycles. The molecule has 0 saturated carbocycles. The van der Waals surface area contributed by atoms with Gasteiger partial charge in [-0.15, -0.1) is 0 Å². The molecule has 37 heavy (non-hydrogen) atoms.